The molecule has 0 amide bonds. The van der Waals surface area contributed by atoms with Crippen LogP contribution in [0.3, 0.4) is 0 Å². The van der Waals surface area contributed by atoms with Gasteiger partial charge in [-0.05, 0) is 63.3 Å². The van der Waals surface area contributed by atoms with Crippen molar-refractivity contribution in [1.82, 2.24) is 5.32 Å². The van der Waals surface area contributed by atoms with Crippen molar-refractivity contribution >= 4 is 29.0 Å². The van der Waals surface area contributed by atoms with Gasteiger partial charge in [-0.25, -0.2) is 4.79 Å². The molecule has 1 heterocycles. The van der Waals surface area contributed by atoms with E-state index < -0.39 is 0 Å². The molecule has 1 unspecified atom stereocenters. The van der Waals surface area contributed by atoms with Crippen molar-refractivity contribution < 1.29 is 19.0 Å². The second kappa shape index (κ2) is 8.69. The van der Waals surface area contributed by atoms with Crippen LogP contribution >= 0.6 is 12.2 Å². The van der Waals surface area contributed by atoms with Crippen LogP contribution in [0.25, 0.3) is 0 Å². The molecule has 1 aliphatic heterocycles. The Bertz CT molecular complexity index is 913. The van der Waals surface area contributed by atoms with E-state index in [4.69, 9.17) is 26.4 Å². The summed E-state index contributed by atoms with van der Waals surface area (Å²) in [5, 5.41) is 7.00. The molecule has 3 rings (SSSR count). The zero-order chi connectivity index (χ0) is 21.0. The first kappa shape index (κ1) is 20.9. The van der Waals surface area contributed by atoms with Crippen molar-refractivity contribution in [1.29, 1.82) is 0 Å². The molecular formula is C22H26N2O4S. The highest BCUT2D eigenvalue weighted by molar-refractivity contribution is 7.80. The van der Waals surface area contributed by atoms with Gasteiger partial charge < -0.3 is 24.8 Å². The van der Waals surface area contributed by atoms with Crippen molar-refractivity contribution in [2.45, 2.75) is 38.8 Å². The van der Waals surface area contributed by atoms with Crippen LogP contribution in [-0.4, -0.2) is 30.4 Å². The Balaban J connectivity index is 1.74. The molecule has 1 atom stereocenters. The Morgan fingerprint density at radius 2 is 2.07 bits per heavy atom. The maximum atomic E-state index is 11.9. The predicted octanol–water partition coefficient (Wildman–Crippen LogP) is 4.46. The van der Waals surface area contributed by atoms with Gasteiger partial charge in [-0.3, -0.25) is 0 Å². The number of anilines is 1. The number of fused-ring (bicyclic) bond motifs is 1. The number of esters is 1. The van der Waals surface area contributed by atoms with Crippen LogP contribution in [-0.2, 0) is 4.74 Å². The summed E-state index contributed by atoms with van der Waals surface area (Å²) >= 11 is 5.53. The number of carbonyl (C=O) groups excluding carboxylic acids is 1. The number of rotatable bonds is 5. The first-order chi connectivity index (χ1) is 13.8. The molecule has 29 heavy (non-hydrogen) atoms. The predicted molar refractivity (Wildman–Crippen MR) is 117 cm³/mol. The molecule has 0 aliphatic carbocycles. The van der Waals surface area contributed by atoms with Gasteiger partial charge in [-0.2, -0.15) is 0 Å². The van der Waals surface area contributed by atoms with Crippen LogP contribution < -0.4 is 20.1 Å². The summed E-state index contributed by atoms with van der Waals surface area (Å²) in [7, 11) is 1.63. The van der Waals surface area contributed by atoms with E-state index in [2.05, 4.69) is 10.6 Å². The maximum absolute atomic E-state index is 11.9. The maximum Gasteiger partial charge on any atom is 0.338 e. The van der Waals surface area contributed by atoms with E-state index in [0.717, 1.165) is 23.5 Å². The molecule has 0 saturated heterocycles. The quantitative estimate of drug-likeness (QED) is 0.553. The van der Waals surface area contributed by atoms with E-state index >= 15 is 0 Å². The lowest BCUT2D eigenvalue weighted by Gasteiger charge is -2.38. The smallest absolute Gasteiger partial charge is 0.338 e. The third kappa shape index (κ3) is 5.17. The Labute approximate surface area is 176 Å². The first-order valence-corrected chi connectivity index (χ1v) is 9.94. The summed E-state index contributed by atoms with van der Waals surface area (Å²) in [5.74, 6) is 1.17. The number of carbonyl (C=O) groups is 1. The van der Waals surface area contributed by atoms with E-state index in [-0.39, 0.29) is 17.6 Å². The van der Waals surface area contributed by atoms with Gasteiger partial charge in [-0.1, -0.05) is 6.07 Å². The monoisotopic (exact) mass is 414 g/mol. The molecule has 0 spiro atoms. The molecule has 7 heteroatoms. The molecule has 2 aromatic rings. The van der Waals surface area contributed by atoms with Gasteiger partial charge in [0.25, 0.3) is 0 Å². The summed E-state index contributed by atoms with van der Waals surface area (Å²) in [6.45, 7) is 6.20. The molecular weight excluding hydrogens is 388 g/mol. The number of hydrogen-bond acceptors (Lipinski definition) is 5. The second-order valence-electron chi connectivity index (χ2n) is 7.42. The molecule has 1 aliphatic rings. The fourth-order valence-corrected chi connectivity index (χ4v) is 3.61. The summed E-state index contributed by atoms with van der Waals surface area (Å²) in [5.41, 5.74) is 1.87. The second-order valence-corrected chi connectivity index (χ2v) is 7.83. The highest BCUT2D eigenvalue weighted by Crippen LogP contribution is 2.41. The molecule has 2 aromatic carbocycles. The van der Waals surface area contributed by atoms with Gasteiger partial charge in [0.15, 0.2) is 5.11 Å². The zero-order valence-corrected chi connectivity index (χ0v) is 17.9. The van der Waals surface area contributed by atoms with E-state index in [1.165, 1.54) is 0 Å². The number of nitrogens with one attached hydrogen (secondary N) is 2. The average molecular weight is 415 g/mol. The largest absolute Gasteiger partial charge is 0.497 e. The van der Waals surface area contributed by atoms with E-state index in [1.807, 2.05) is 38.1 Å². The summed E-state index contributed by atoms with van der Waals surface area (Å²) in [4.78, 5) is 11.9. The van der Waals surface area contributed by atoms with Crippen molar-refractivity contribution in [3.63, 3.8) is 0 Å². The fourth-order valence-electron chi connectivity index (χ4n) is 3.35. The Kier molecular flexibility index (Phi) is 6.27. The molecule has 0 bridgehead atoms. The van der Waals surface area contributed by atoms with Crippen LogP contribution in [0.1, 0.15) is 49.2 Å². The highest BCUT2D eigenvalue weighted by Gasteiger charge is 2.34. The van der Waals surface area contributed by atoms with E-state index in [1.54, 1.807) is 32.2 Å². The van der Waals surface area contributed by atoms with Crippen molar-refractivity contribution in [3.05, 3.63) is 53.6 Å². The van der Waals surface area contributed by atoms with Gasteiger partial charge in [-0.15, -0.1) is 0 Å². The van der Waals surface area contributed by atoms with Gasteiger partial charge >= 0.3 is 5.97 Å². The minimum Gasteiger partial charge on any atom is -0.497 e. The summed E-state index contributed by atoms with van der Waals surface area (Å²) in [6.07, 6.45) is 0.747. The average Bonchev–Trinajstić information content (AvgIpc) is 2.66. The zero-order valence-electron chi connectivity index (χ0n) is 17.1. The summed E-state index contributed by atoms with van der Waals surface area (Å²) in [6, 6.07) is 12.8. The number of ether oxygens (including phenoxy) is 3. The lowest BCUT2D eigenvalue weighted by Crippen LogP contribution is -2.42. The molecule has 154 valence electrons. The molecule has 0 saturated carbocycles. The van der Waals surface area contributed by atoms with E-state index in [0.29, 0.717) is 23.0 Å². The van der Waals surface area contributed by atoms with E-state index in [9.17, 15) is 4.79 Å². The minimum atomic E-state index is -0.357. The number of methoxy groups -OCH3 is 1. The standard InChI is InChI=1S/C22H26N2O4S/c1-5-27-20(25)14-7-6-8-15(11-14)23-21(29)24-18-13-22(2,3)28-19-12-16(26-4)9-10-17(18)19/h6-12,18H,5,13H2,1-4H3,(H2,23,24,29). The molecule has 2 N–H and O–H groups in total. The van der Waals surface area contributed by atoms with Crippen LogP contribution in [0, 0.1) is 0 Å². The minimum absolute atomic E-state index is 0.0205. The van der Waals surface area contributed by atoms with Gasteiger partial charge in [0.2, 0.25) is 0 Å². The van der Waals surface area contributed by atoms with Crippen LogP contribution in [0.15, 0.2) is 42.5 Å². The Hall–Kier alpha value is -2.80. The normalized spacial score (nSPS) is 16.8. The Morgan fingerprint density at radius 3 is 2.79 bits per heavy atom. The lowest BCUT2D eigenvalue weighted by molar-refractivity contribution is 0.0526. The number of hydrogen-bond donors (Lipinski definition) is 2. The number of thiocarbonyl (C=S) groups is 1. The third-order valence-corrected chi connectivity index (χ3v) is 4.83. The molecule has 6 nitrogen and oxygen atoms in total. The van der Waals surface area contributed by atoms with Crippen LogP contribution in [0.2, 0.25) is 0 Å². The van der Waals surface area contributed by atoms with Crippen LogP contribution in [0.5, 0.6) is 11.5 Å². The third-order valence-electron chi connectivity index (χ3n) is 4.62. The van der Waals surface area contributed by atoms with Gasteiger partial charge in [0.05, 0.1) is 25.3 Å². The molecule has 0 fully saturated rings. The lowest BCUT2D eigenvalue weighted by atomic mass is 9.89. The van der Waals surface area contributed by atoms with Crippen LogP contribution in [0.4, 0.5) is 5.69 Å². The topological polar surface area (TPSA) is 68.8 Å². The number of benzene rings is 2. The summed E-state index contributed by atoms with van der Waals surface area (Å²) < 4.78 is 16.5. The molecule has 0 aromatic heterocycles. The van der Waals surface area contributed by atoms with Gasteiger partial charge in [0, 0.05) is 23.7 Å². The van der Waals surface area contributed by atoms with Crippen molar-refractivity contribution in [2.75, 3.05) is 19.0 Å². The Morgan fingerprint density at radius 1 is 1.28 bits per heavy atom. The van der Waals surface area contributed by atoms with Crippen molar-refractivity contribution in [2.24, 2.45) is 0 Å². The fraction of sp³-hybridized carbons (Fsp3) is 0.364. The van der Waals surface area contributed by atoms with Gasteiger partial charge in [0.1, 0.15) is 17.1 Å². The SMILES string of the molecule is CCOC(=O)c1cccc(NC(=S)NC2CC(C)(C)Oc3cc(OC)ccc32)c1. The highest BCUT2D eigenvalue weighted by atomic mass is 32.1. The van der Waals surface area contributed by atoms with Crippen molar-refractivity contribution in [3.8, 4) is 11.5 Å². The molecule has 0 radical (unpaired) electrons. The first-order valence-electron chi connectivity index (χ1n) is 9.53.